The van der Waals surface area contributed by atoms with Gasteiger partial charge in [0, 0.05) is 5.38 Å². The fraction of sp³-hybridized carbons (Fsp3) is 0.0588. The first kappa shape index (κ1) is 15.2. The Kier molecular flexibility index (Phi) is 4.34. The van der Waals surface area contributed by atoms with Crippen LogP contribution in [0.4, 0.5) is 15.3 Å². The number of halogens is 1. The first-order valence-electron chi connectivity index (χ1n) is 6.98. The maximum atomic E-state index is 13.7. The molecule has 0 atom stereocenters. The minimum Gasteiger partial charge on any atom is -0.383 e. The molecule has 2 aromatic carbocycles. The summed E-state index contributed by atoms with van der Waals surface area (Å²) in [4.78, 5) is 4.05. The number of hydrogen-bond acceptors (Lipinski definition) is 5. The lowest BCUT2D eigenvalue weighted by molar-refractivity contribution is 0.619. The number of hydrogen-bond donors (Lipinski definition) is 2. The highest BCUT2D eigenvalue weighted by Gasteiger charge is 2.02. The summed E-state index contributed by atoms with van der Waals surface area (Å²) in [6, 6.07) is 13.0. The van der Waals surface area contributed by atoms with Gasteiger partial charge >= 0.3 is 0 Å². The Labute approximate surface area is 137 Å². The molecule has 0 saturated heterocycles. The van der Waals surface area contributed by atoms with Gasteiger partial charge in [-0.2, -0.15) is 5.10 Å². The normalized spacial score (nSPS) is 11.0. The molecule has 0 aliphatic carbocycles. The Bertz CT molecular complexity index is 857. The highest BCUT2D eigenvalue weighted by molar-refractivity contribution is 7.14. The molecule has 23 heavy (non-hydrogen) atoms. The molecule has 6 heteroatoms. The molecule has 1 heterocycles. The molecule has 0 bridgehead atoms. The molecule has 0 aliphatic rings. The van der Waals surface area contributed by atoms with Crippen molar-refractivity contribution in [1.82, 2.24) is 4.98 Å². The number of nitrogen functional groups attached to an aromatic ring is 1. The van der Waals surface area contributed by atoms with Gasteiger partial charge < -0.3 is 5.73 Å². The maximum Gasteiger partial charge on any atom is 0.205 e. The smallest absolute Gasteiger partial charge is 0.205 e. The average molecular weight is 326 g/mol. The van der Waals surface area contributed by atoms with E-state index in [0.29, 0.717) is 16.5 Å². The molecule has 0 fully saturated rings. The van der Waals surface area contributed by atoms with Crippen LogP contribution in [0.3, 0.4) is 0 Å². The molecule has 3 aromatic rings. The Morgan fingerprint density at radius 3 is 2.78 bits per heavy atom. The van der Waals surface area contributed by atoms with Crippen molar-refractivity contribution in [2.75, 3.05) is 11.2 Å². The predicted molar refractivity (Wildman–Crippen MR) is 94.3 cm³/mol. The lowest BCUT2D eigenvalue weighted by Gasteiger charge is -2.04. The van der Waals surface area contributed by atoms with Gasteiger partial charge in [0.15, 0.2) is 0 Å². The highest BCUT2D eigenvalue weighted by Crippen LogP contribution is 2.22. The molecule has 0 radical (unpaired) electrons. The zero-order valence-electron chi connectivity index (χ0n) is 12.5. The second-order valence-electron chi connectivity index (χ2n) is 5.04. The van der Waals surface area contributed by atoms with Gasteiger partial charge in [-0.05, 0) is 41.3 Å². The number of rotatable bonds is 4. The van der Waals surface area contributed by atoms with E-state index in [0.717, 1.165) is 16.7 Å². The second-order valence-corrected chi connectivity index (χ2v) is 5.90. The summed E-state index contributed by atoms with van der Waals surface area (Å²) >= 11 is 1.38. The van der Waals surface area contributed by atoms with E-state index in [-0.39, 0.29) is 5.82 Å². The summed E-state index contributed by atoms with van der Waals surface area (Å²) in [5.74, 6) is 0.265. The van der Waals surface area contributed by atoms with Crippen molar-refractivity contribution in [3.8, 4) is 11.1 Å². The Balaban J connectivity index is 1.78. The standard InChI is InChI=1S/C17H15FN4S/c1-11-5-6-14(8-15(11)18)13-4-2-3-12(7-13)9-20-22-17-21-16(19)10-23-17/h2-10H,19H2,1H3,(H,21,22). The van der Waals surface area contributed by atoms with Crippen LogP contribution in [-0.2, 0) is 0 Å². The predicted octanol–water partition coefficient (Wildman–Crippen LogP) is 4.29. The number of thiazole rings is 1. The van der Waals surface area contributed by atoms with E-state index in [1.807, 2.05) is 30.3 Å². The number of hydrazone groups is 1. The zero-order chi connectivity index (χ0) is 16.2. The first-order valence-corrected chi connectivity index (χ1v) is 7.86. The molecule has 0 unspecified atom stereocenters. The van der Waals surface area contributed by atoms with Gasteiger partial charge in [-0.1, -0.05) is 30.3 Å². The van der Waals surface area contributed by atoms with Crippen LogP contribution in [0.25, 0.3) is 11.1 Å². The number of anilines is 2. The number of aryl methyl sites for hydroxylation is 1. The molecule has 3 rings (SSSR count). The van der Waals surface area contributed by atoms with E-state index in [9.17, 15) is 4.39 Å². The minimum absolute atomic E-state index is 0.204. The van der Waals surface area contributed by atoms with Gasteiger partial charge in [0.1, 0.15) is 11.6 Å². The molecule has 0 amide bonds. The van der Waals surface area contributed by atoms with Gasteiger partial charge in [0.05, 0.1) is 6.21 Å². The monoisotopic (exact) mass is 326 g/mol. The van der Waals surface area contributed by atoms with Crippen LogP contribution in [0, 0.1) is 12.7 Å². The fourth-order valence-corrected chi connectivity index (χ4v) is 2.62. The number of nitrogens with two attached hydrogens (primary N) is 1. The Morgan fingerprint density at radius 2 is 2.04 bits per heavy atom. The van der Waals surface area contributed by atoms with Crippen LogP contribution in [0.15, 0.2) is 52.9 Å². The molecule has 3 N–H and O–H groups in total. The number of nitrogens with zero attached hydrogens (tertiary/aromatic N) is 2. The minimum atomic E-state index is -0.204. The lowest BCUT2D eigenvalue weighted by atomic mass is 10.0. The van der Waals surface area contributed by atoms with Crippen LogP contribution in [-0.4, -0.2) is 11.2 Å². The summed E-state index contributed by atoms with van der Waals surface area (Å²) in [5.41, 5.74) is 11.7. The topological polar surface area (TPSA) is 63.3 Å². The van der Waals surface area contributed by atoms with Gasteiger partial charge in [0.2, 0.25) is 5.13 Å². The molecule has 0 aliphatic heterocycles. The number of benzene rings is 2. The summed E-state index contributed by atoms with van der Waals surface area (Å²) in [7, 11) is 0. The van der Waals surface area contributed by atoms with Crippen molar-refractivity contribution in [1.29, 1.82) is 0 Å². The van der Waals surface area contributed by atoms with Crippen molar-refractivity contribution >= 4 is 28.5 Å². The highest BCUT2D eigenvalue weighted by atomic mass is 32.1. The van der Waals surface area contributed by atoms with E-state index in [2.05, 4.69) is 15.5 Å². The maximum absolute atomic E-state index is 13.7. The largest absolute Gasteiger partial charge is 0.383 e. The van der Waals surface area contributed by atoms with Crippen LogP contribution in [0.5, 0.6) is 0 Å². The third-order valence-electron chi connectivity index (χ3n) is 3.29. The van der Waals surface area contributed by atoms with Crippen LogP contribution < -0.4 is 11.2 Å². The quantitative estimate of drug-likeness (QED) is 0.555. The van der Waals surface area contributed by atoms with Crippen LogP contribution >= 0.6 is 11.3 Å². The molecular weight excluding hydrogens is 311 g/mol. The molecule has 0 spiro atoms. The summed E-state index contributed by atoms with van der Waals surface area (Å²) in [6.07, 6.45) is 1.69. The van der Waals surface area contributed by atoms with Crippen molar-refractivity contribution in [2.45, 2.75) is 6.92 Å². The third-order valence-corrected chi connectivity index (χ3v) is 4.05. The first-order chi connectivity index (χ1) is 11.1. The lowest BCUT2D eigenvalue weighted by Crippen LogP contribution is -1.91. The SMILES string of the molecule is Cc1ccc(-c2cccc(C=NNc3nc(N)cs3)c2)cc1F. The van der Waals surface area contributed by atoms with E-state index in [4.69, 9.17) is 5.73 Å². The van der Waals surface area contributed by atoms with E-state index in [1.54, 1.807) is 30.7 Å². The van der Waals surface area contributed by atoms with Crippen molar-refractivity contribution in [3.63, 3.8) is 0 Å². The average Bonchev–Trinajstić information content (AvgIpc) is 2.96. The Hall–Kier alpha value is -2.73. The molecule has 116 valence electrons. The molecule has 4 nitrogen and oxygen atoms in total. The van der Waals surface area contributed by atoms with Crippen molar-refractivity contribution in [3.05, 3.63) is 64.8 Å². The number of aromatic nitrogens is 1. The zero-order valence-corrected chi connectivity index (χ0v) is 13.3. The van der Waals surface area contributed by atoms with Crippen molar-refractivity contribution in [2.24, 2.45) is 5.10 Å². The van der Waals surface area contributed by atoms with Crippen LogP contribution in [0.2, 0.25) is 0 Å². The second kappa shape index (κ2) is 6.58. The van der Waals surface area contributed by atoms with Gasteiger partial charge in [0.25, 0.3) is 0 Å². The molecular formula is C17H15FN4S. The fourth-order valence-electron chi connectivity index (χ4n) is 2.07. The van der Waals surface area contributed by atoms with Crippen molar-refractivity contribution < 1.29 is 4.39 Å². The summed E-state index contributed by atoms with van der Waals surface area (Å²) in [5, 5.41) is 6.51. The molecule has 1 aromatic heterocycles. The van der Waals surface area contributed by atoms with E-state index >= 15 is 0 Å². The Morgan fingerprint density at radius 1 is 1.22 bits per heavy atom. The van der Waals surface area contributed by atoms with Gasteiger partial charge in [-0.25, -0.2) is 9.37 Å². The van der Waals surface area contributed by atoms with E-state index < -0.39 is 0 Å². The third kappa shape index (κ3) is 3.73. The number of nitrogens with one attached hydrogen (secondary N) is 1. The van der Waals surface area contributed by atoms with Gasteiger partial charge in [-0.15, -0.1) is 11.3 Å². The summed E-state index contributed by atoms with van der Waals surface area (Å²) in [6.45, 7) is 1.75. The van der Waals surface area contributed by atoms with Gasteiger partial charge in [-0.3, -0.25) is 5.43 Å². The van der Waals surface area contributed by atoms with E-state index in [1.165, 1.54) is 11.3 Å². The van der Waals surface area contributed by atoms with Crippen LogP contribution in [0.1, 0.15) is 11.1 Å². The molecule has 0 saturated carbocycles. The summed E-state index contributed by atoms with van der Waals surface area (Å²) < 4.78 is 13.7.